The number of amides is 2. The number of piperazine rings is 1. The Hall–Kier alpha value is -2.28. The predicted molar refractivity (Wildman–Crippen MR) is 77.8 cm³/mol. The average Bonchev–Trinajstić information content (AvgIpc) is 2.49. The van der Waals surface area contributed by atoms with Crippen LogP contribution in [0, 0.1) is 0 Å². The van der Waals surface area contributed by atoms with Crippen LogP contribution in [-0.4, -0.2) is 64.7 Å². The minimum absolute atomic E-state index is 0.109. The Morgan fingerprint density at radius 1 is 1.24 bits per heavy atom. The Labute approximate surface area is 122 Å². The van der Waals surface area contributed by atoms with E-state index < -0.39 is 11.7 Å². The standard InChI is InChI=1S/C14H19N3O4/c1-2-16-6-8-17(9-7-16)14(21)15-11-5-3-4-10(12(11)18)13(19)20/h3-5,18H,2,6-9H2,1H3,(H,15,21)(H,19,20). The van der Waals surface area contributed by atoms with Crippen LogP contribution in [0.15, 0.2) is 18.2 Å². The van der Waals surface area contributed by atoms with E-state index in [0.29, 0.717) is 13.1 Å². The van der Waals surface area contributed by atoms with Crippen LogP contribution in [0.1, 0.15) is 17.3 Å². The Kier molecular flexibility index (Phi) is 4.64. The van der Waals surface area contributed by atoms with E-state index >= 15 is 0 Å². The van der Waals surface area contributed by atoms with Gasteiger partial charge in [-0.3, -0.25) is 0 Å². The summed E-state index contributed by atoms with van der Waals surface area (Å²) in [5.74, 6) is -1.66. The molecular formula is C14H19N3O4. The number of likely N-dealkylation sites (N-methyl/N-ethyl adjacent to an activating group) is 1. The van der Waals surface area contributed by atoms with E-state index in [0.717, 1.165) is 19.6 Å². The largest absolute Gasteiger partial charge is 0.505 e. The molecule has 3 N–H and O–H groups in total. The molecule has 0 bridgehead atoms. The smallest absolute Gasteiger partial charge is 0.339 e. The highest BCUT2D eigenvalue weighted by atomic mass is 16.4. The summed E-state index contributed by atoms with van der Waals surface area (Å²) in [6.07, 6.45) is 0. The van der Waals surface area contributed by atoms with Gasteiger partial charge in [-0.1, -0.05) is 13.0 Å². The molecule has 1 saturated heterocycles. The van der Waals surface area contributed by atoms with Gasteiger partial charge in [0.15, 0.2) is 5.75 Å². The van der Waals surface area contributed by atoms with Crippen LogP contribution in [0.2, 0.25) is 0 Å². The average molecular weight is 293 g/mol. The van der Waals surface area contributed by atoms with Crippen LogP contribution in [0.4, 0.5) is 10.5 Å². The van der Waals surface area contributed by atoms with Gasteiger partial charge in [0.1, 0.15) is 5.56 Å². The van der Waals surface area contributed by atoms with Gasteiger partial charge in [-0.15, -0.1) is 0 Å². The third kappa shape index (κ3) is 3.43. The molecule has 2 amide bonds. The number of phenols is 1. The number of nitrogens with zero attached hydrogens (tertiary/aromatic N) is 2. The van der Waals surface area contributed by atoms with Crippen molar-refractivity contribution in [1.29, 1.82) is 0 Å². The van der Waals surface area contributed by atoms with Crippen molar-refractivity contribution < 1.29 is 19.8 Å². The quantitative estimate of drug-likeness (QED) is 0.730. The SMILES string of the molecule is CCN1CCN(C(=O)Nc2cccc(C(=O)O)c2O)CC1. The second-order valence-corrected chi connectivity index (χ2v) is 4.86. The van der Waals surface area contributed by atoms with Crippen molar-refractivity contribution in [2.75, 3.05) is 38.0 Å². The van der Waals surface area contributed by atoms with Crippen LogP contribution in [0.25, 0.3) is 0 Å². The molecular weight excluding hydrogens is 274 g/mol. The van der Waals surface area contributed by atoms with Crippen molar-refractivity contribution in [2.24, 2.45) is 0 Å². The fraction of sp³-hybridized carbons (Fsp3) is 0.429. The van der Waals surface area contributed by atoms with Gasteiger partial charge in [0.05, 0.1) is 5.69 Å². The summed E-state index contributed by atoms with van der Waals surface area (Å²) in [7, 11) is 0. The summed E-state index contributed by atoms with van der Waals surface area (Å²) in [5, 5.41) is 21.4. The molecule has 7 heteroatoms. The maximum Gasteiger partial charge on any atom is 0.339 e. The van der Waals surface area contributed by atoms with Gasteiger partial charge in [0.2, 0.25) is 0 Å². The zero-order valence-corrected chi connectivity index (χ0v) is 11.9. The monoisotopic (exact) mass is 293 g/mol. The van der Waals surface area contributed by atoms with Crippen LogP contribution in [0.3, 0.4) is 0 Å². The van der Waals surface area contributed by atoms with Gasteiger partial charge in [-0.2, -0.15) is 0 Å². The fourth-order valence-corrected chi connectivity index (χ4v) is 2.28. The number of hydrogen-bond acceptors (Lipinski definition) is 4. The molecule has 0 saturated carbocycles. The van der Waals surface area contributed by atoms with Crippen molar-refractivity contribution in [3.05, 3.63) is 23.8 Å². The minimum Gasteiger partial charge on any atom is -0.505 e. The van der Waals surface area contributed by atoms with Crippen molar-refractivity contribution >= 4 is 17.7 Å². The number of benzene rings is 1. The second-order valence-electron chi connectivity index (χ2n) is 4.86. The summed E-state index contributed by atoms with van der Waals surface area (Å²) >= 11 is 0. The van der Waals surface area contributed by atoms with E-state index in [1.807, 2.05) is 0 Å². The molecule has 1 aromatic carbocycles. The molecule has 1 aliphatic rings. The highest BCUT2D eigenvalue weighted by Gasteiger charge is 2.21. The van der Waals surface area contributed by atoms with E-state index in [4.69, 9.17) is 5.11 Å². The second kappa shape index (κ2) is 6.45. The van der Waals surface area contributed by atoms with Gasteiger partial charge < -0.3 is 25.3 Å². The Balaban J connectivity index is 2.03. The Morgan fingerprint density at radius 3 is 2.48 bits per heavy atom. The van der Waals surface area contributed by atoms with Crippen molar-refractivity contribution in [3.8, 4) is 5.75 Å². The van der Waals surface area contributed by atoms with E-state index in [1.165, 1.54) is 18.2 Å². The molecule has 1 heterocycles. The Bertz CT molecular complexity index is 539. The van der Waals surface area contributed by atoms with Gasteiger partial charge in [0.25, 0.3) is 0 Å². The van der Waals surface area contributed by atoms with Crippen molar-refractivity contribution in [2.45, 2.75) is 6.92 Å². The number of urea groups is 1. The molecule has 7 nitrogen and oxygen atoms in total. The number of nitrogens with one attached hydrogen (secondary N) is 1. The number of para-hydroxylation sites is 1. The zero-order valence-electron chi connectivity index (χ0n) is 11.9. The van der Waals surface area contributed by atoms with Gasteiger partial charge >= 0.3 is 12.0 Å². The number of aromatic hydroxyl groups is 1. The molecule has 0 unspecified atom stereocenters. The van der Waals surface area contributed by atoms with Crippen LogP contribution < -0.4 is 5.32 Å². The highest BCUT2D eigenvalue weighted by Crippen LogP contribution is 2.27. The lowest BCUT2D eigenvalue weighted by atomic mass is 10.1. The number of rotatable bonds is 3. The molecule has 1 aromatic rings. The molecule has 114 valence electrons. The minimum atomic E-state index is -1.24. The van der Waals surface area contributed by atoms with Crippen molar-refractivity contribution in [1.82, 2.24) is 9.80 Å². The van der Waals surface area contributed by atoms with Gasteiger partial charge in [0, 0.05) is 26.2 Å². The first kappa shape index (κ1) is 15.1. The van der Waals surface area contributed by atoms with E-state index in [-0.39, 0.29) is 17.3 Å². The molecule has 0 radical (unpaired) electrons. The molecule has 0 aromatic heterocycles. The first-order chi connectivity index (χ1) is 10.0. The number of carboxylic acid groups (broad SMARTS) is 1. The van der Waals surface area contributed by atoms with Crippen LogP contribution in [0.5, 0.6) is 5.75 Å². The number of anilines is 1. The molecule has 0 aliphatic carbocycles. The summed E-state index contributed by atoms with van der Waals surface area (Å²) in [6.45, 7) is 5.87. The van der Waals surface area contributed by atoms with E-state index in [9.17, 15) is 14.7 Å². The zero-order chi connectivity index (χ0) is 15.4. The third-order valence-electron chi connectivity index (χ3n) is 3.61. The van der Waals surface area contributed by atoms with E-state index in [2.05, 4.69) is 17.1 Å². The Morgan fingerprint density at radius 2 is 1.90 bits per heavy atom. The van der Waals surface area contributed by atoms with Crippen LogP contribution >= 0.6 is 0 Å². The molecule has 2 rings (SSSR count). The topological polar surface area (TPSA) is 93.1 Å². The summed E-state index contributed by atoms with van der Waals surface area (Å²) in [4.78, 5) is 27.0. The van der Waals surface area contributed by atoms with E-state index in [1.54, 1.807) is 4.90 Å². The lowest BCUT2D eigenvalue weighted by Crippen LogP contribution is -2.49. The molecule has 1 fully saturated rings. The first-order valence-corrected chi connectivity index (χ1v) is 6.86. The fourth-order valence-electron chi connectivity index (χ4n) is 2.28. The number of hydrogen-bond donors (Lipinski definition) is 3. The van der Waals surface area contributed by atoms with Gasteiger partial charge in [-0.05, 0) is 18.7 Å². The number of carboxylic acids is 1. The predicted octanol–water partition coefficient (Wildman–Crippen LogP) is 1.26. The number of aromatic carboxylic acids is 1. The highest BCUT2D eigenvalue weighted by molar-refractivity contribution is 5.97. The molecule has 0 atom stereocenters. The maximum atomic E-state index is 12.1. The summed E-state index contributed by atoms with van der Waals surface area (Å²) in [6, 6.07) is 3.91. The third-order valence-corrected chi connectivity index (χ3v) is 3.61. The first-order valence-electron chi connectivity index (χ1n) is 6.86. The number of carbonyl (C=O) groups is 2. The lowest BCUT2D eigenvalue weighted by molar-refractivity contribution is 0.0693. The van der Waals surface area contributed by atoms with Crippen LogP contribution in [-0.2, 0) is 0 Å². The van der Waals surface area contributed by atoms with Crippen molar-refractivity contribution in [3.63, 3.8) is 0 Å². The maximum absolute atomic E-state index is 12.1. The molecule has 1 aliphatic heterocycles. The molecule has 21 heavy (non-hydrogen) atoms. The lowest BCUT2D eigenvalue weighted by Gasteiger charge is -2.34. The normalized spacial score (nSPS) is 15.8. The molecule has 0 spiro atoms. The van der Waals surface area contributed by atoms with Gasteiger partial charge in [-0.25, -0.2) is 9.59 Å². The summed E-state index contributed by atoms with van der Waals surface area (Å²) in [5.41, 5.74) is -0.124. The number of carbonyl (C=O) groups excluding carboxylic acids is 1. The summed E-state index contributed by atoms with van der Waals surface area (Å²) < 4.78 is 0.